The summed E-state index contributed by atoms with van der Waals surface area (Å²) in [6, 6.07) is 7.22. The number of likely N-dealkylation sites (N-methyl/N-ethyl adjacent to an activating group) is 1. The first kappa shape index (κ1) is 16.5. The molecule has 1 amide bonds. The monoisotopic (exact) mass is 278 g/mol. The molecular weight excluding hydrogens is 252 g/mol. The van der Waals surface area contributed by atoms with E-state index in [2.05, 4.69) is 31.4 Å². The number of carbonyl (C=O) groups excluding carboxylic acids is 1. The Morgan fingerprint density at radius 2 is 1.80 bits per heavy atom. The highest BCUT2D eigenvalue weighted by atomic mass is 16.3. The highest BCUT2D eigenvalue weighted by Crippen LogP contribution is 2.12. The number of amides is 1. The molecule has 1 aromatic carbocycles. The van der Waals surface area contributed by atoms with Crippen LogP contribution >= 0.6 is 0 Å². The van der Waals surface area contributed by atoms with Crippen molar-refractivity contribution < 1.29 is 9.90 Å². The standard InChI is InChI=1S/C16H26N2O2/c1-11(2)9-15(16(20)17-4)18-12(3)10-13-5-7-14(19)8-6-13/h5-8,11-12,15,18-19H,9-10H2,1-4H3,(H,17,20). The minimum absolute atomic E-state index is 0.0382. The first-order chi connectivity index (χ1) is 9.42. The Balaban J connectivity index is 2.58. The molecule has 1 aromatic rings. The largest absolute Gasteiger partial charge is 0.508 e. The fourth-order valence-corrected chi connectivity index (χ4v) is 2.28. The Morgan fingerprint density at radius 3 is 2.30 bits per heavy atom. The molecule has 0 aliphatic carbocycles. The van der Waals surface area contributed by atoms with Gasteiger partial charge in [-0.1, -0.05) is 26.0 Å². The lowest BCUT2D eigenvalue weighted by Gasteiger charge is -2.23. The van der Waals surface area contributed by atoms with E-state index in [0.717, 1.165) is 18.4 Å². The number of hydrogen-bond acceptors (Lipinski definition) is 3. The number of rotatable bonds is 7. The molecule has 112 valence electrons. The predicted molar refractivity (Wildman–Crippen MR) is 81.7 cm³/mol. The quantitative estimate of drug-likeness (QED) is 0.715. The molecular formula is C16H26N2O2. The van der Waals surface area contributed by atoms with Gasteiger partial charge in [-0.15, -0.1) is 0 Å². The molecule has 0 spiro atoms. The number of carbonyl (C=O) groups is 1. The maximum Gasteiger partial charge on any atom is 0.236 e. The zero-order valence-electron chi connectivity index (χ0n) is 12.8. The average Bonchev–Trinajstić information content (AvgIpc) is 2.39. The van der Waals surface area contributed by atoms with E-state index in [0.29, 0.717) is 5.92 Å². The molecule has 0 aromatic heterocycles. The molecule has 0 aliphatic heterocycles. The Morgan fingerprint density at radius 1 is 1.20 bits per heavy atom. The highest BCUT2D eigenvalue weighted by molar-refractivity contribution is 5.81. The van der Waals surface area contributed by atoms with Crippen LogP contribution in [0.2, 0.25) is 0 Å². The molecule has 3 N–H and O–H groups in total. The number of nitrogens with one attached hydrogen (secondary N) is 2. The van der Waals surface area contributed by atoms with E-state index >= 15 is 0 Å². The molecule has 20 heavy (non-hydrogen) atoms. The lowest BCUT2D eigenvalue weighted by molar-refractivity contribution is -0.123. The molecule has 0 aliphatic rings. The van der Waals surface area contributed by atoms with Crippen molar-refractivity contribution in [2.75, 3.05) is 7.05 Å². The van der Waals surface area contributed by atoms with Crippen molar-refractivity contribution >= 4 is 5.91 Å². The van der Waals surface area contributed by atoms with E-state index in [1.54, 1.807) is 19.2 Å². The second kappa shape index (κ2) is 7.90. The summed E-state index contributed by atoms with van der Waals surface area (Å²) in [4.78, 5) is 11.9. The van der Waals surface area contributed by atoms with Crippen LogP contribution < -0.4 is 10.6 Å². The van der Waals surface area contributed by atoms with Crippen LogP contribution in [-0.2, 0) is 11.2 Å². The van der Waals surface area contributed by atoms with E-state index in [4.69, 9.17) is 0 Å². The highest BCUT2D eigenvalue weighted by Gasteiger charge is 2.20. The maximum absolute atomic E-state index is 11.9. The Kier molecular flexibility index (Phi) is 6.52. The van der Waals surface area contributed by atoms with Gasteiger partial charge in [0.15, 0.2) is 0 Å². The van der Waals surface area contributed by atoms with Crippen molar-refractivity contribution in [1.82, 2.24) is 10.6 Å². The Bertz CT molecular complexity index is 415. The van der Waals surface area contributed by atoms with Crippen molar-refractivity contribution in [3.63, 3.8) is 0 Å². The lowest BCUT2D eigenvalue weighted by atomic mass is 10.0. The number of aromatic hydroxyl groups is 1. The van der Waals surface area contributed by atoms with Crippen molar-refractivity contribution in [2.24, 2.45) is 5.92 Å². The molecule has 0 radical (unpaired) electrons. The second-order valence-corrected chi connectivity index (χ2v) is 5.73. The van der Waals surface area contributed by atoms with Crippen LogP contribution in [0.1, 0.15) is 32.8 Å². The van der Waals surface area contributed by atoms with E-state index in [-0.39, 0.29) is 23.7 Å². The molecule has 0 fully saturated rings. The van der Waals surface area contributed by atoms with Gasteiger partial charge in [-0.2, -0.15) is 0 Å². The maximum atomic E-state index is 11.9. The molecule has 0 heterocycles. The second-order valence-electron chi connectivity index (χ2n) is 5.73. The first-order valence-corrected chi connectivity index (χ1v) is 7.18. The van der Waals surface area contributed by atoms with Crippen molar-refractivity contribution in [1.29, 1.82) is 0 Å². The minimum atomic E-state index is -0.160. The van der Waals surface area contributed by atoms with Crippen molar-refractivity contribution in [2.45, 2.75) is 45.7 Å². The average molecular weight is 278 g/mol. The Labute approximate surface area is 121 Å². The number of hydrogen-bond donors (Lipinski definition) is 3. The minimum Gasteiger partial charge on any atom is -0.508 e. The molecule has 0 saturated carbocycles. The third-order valence-corrected chi connectivity index (χ3v) is 3.23. The molecule has 2 unspecified atom stereocenters. The van der Waals surface area contributed by atoms with Crippen LogP contribution in [0, 0.1) is 5.92 Å². The normalized spacial score (nSPS) is 14.1. The van der Waals surface area contributed by atoms with Gasteiger partial charge in [0.2, 0.25) is 5.91 Å². The zero-order chi connectivity index (χ0) is 15.1. The summed E-state index contributed by atoms with van der Waals surface area (Å²) >= 11 is 0. The van der Waals surface area contributed by atoms with Gasteiger partial charge in [-0.05, 0) is 43.4 Å². The fourth-order valence-electron chi connectivity index (χ4n) is 2.28. The van der Waals surface area contributed by atoms with Gasteiger partial charge in [0, 0.05) is 13.1 Å². The fraction of sp³-hybridized carbons (Fsp3) is 0.562. The summed E-state index contributed by atoms with van der Waals surface area (Å²) in [5.74, 6) is 0.777. The van der Waals surface area contributed by atoms with Gasteiger partial charge < -0.3 is 15.7 Å². The molecule has 4 nitrogen and oxygen atoms in total. The summed E-state index contributed by atoms with van der Waals surface area (Å²) in [5, 5.41) is 15.4. The van der Waals surface area contributed by atoms with Gasteiger partial charge in [-0.25, -0.2) is 0 Å². The predicted octanol–water partition coefficient (Wildman–Crippen LogP) is 2.07. The summed E-state index contributed by atoms with van der Waals surface area (Å²) in [5.41, 5.74) is 1.14. The number of phenolic OH excluding ortho intramolecular Hbond substituents is 1. The number of benzene rings is 1. The zero-order valence-corrected chi connectivity index (χ0v) is 12.8. The lowest BCUT2D eigenvalue weighted by Crippen LogP contribution is -2.47. The number of phenols is 1. The van der Waals surface area contributed by atoms with Gasteiger partial charge in [0.05, 0.1) is 6.04 Å². The van der Waals surface area contributed by atoms with E-state index < -0.39 is 0 Å². The third kappa shape index (κ3) is 5.61. The van der Waals surface area contributed by atoms with Crippen molar-refractivity contribution in [3.8, 4) is 5.75 Å². The molecule has 2 atom stereocenters. The summed E-state index contributed by atoms with van der Waals surface area (Å²) in [6.07, 6.45) is 1.64. The summed E-state index contributed by atoms with van der Waals surface area (Å²) in [6.45, 7) is 6.30. The molecule has 1 rings (SSSR count). The summed E-state index contributed by atoms with van der Waals surface area (Å²) < 4.78 is 0. The molecule has 0 bridgehead atoms. The summed E-state index contributed by atoms with van der Waals surface area (Å²) in [7, 11) is 1.67. The van der Waals surface area contributed by atoms with Gasteiger partial charge >= 0.3 is 0 Å². The van der Waals surface area contributed by atoms with E-state index in [1.807, 2.05) is 12.1 Å². The van der Waals surface area contributed by atoms with Crippen LogP contribution in [-0.4, -0.2) is 30.1 Å². The molecule has 0 saturated heterocycles. The van der Waals surface area contributed by atoms with Crippen LogP contribution in [0.25, 0.3) is 0 Å². The SMILES string of the molecule is CNC(=O)C(CC(C)C)NC(C)Cc1ccc(O)cc1. The van der Waals surface area contributed by atoms with Gasteiger partial charge in [-0.3, -0.25) is 4.79 Å². The van der Waals surface area contributed by atoms with E-state index in [1.165, 1.54) is 0 Å². The van der Waals surface area contributed by atoms with Crippen LogP contribution in [0.4, 0.5) is 0 Å². The van der Waals surface area contributed by atoms with Gasteiger partial charge in [0.25, 0.3) is 0 Å². The van der Waals surface area contributed by atoms with Crippen molar-refractivity contribution in [3.05, 3.63) is 29.8 Å². The smallest absolute Gasteiger partial charge is 0.236 e. The third-order valence-electron chi connectivity index (χ3n) is 3.23. The molecule has 4 heteroatoms. The topological polar surface area (TPSA) is 61.4 Å². The van der Waals surface area contributed by atoms with Gasteiger partial charge in [0.1, 0.15) is 5.75 Å². The van der Waals surface area contributed by atoms with E-state index in [9.17, 15) is 9.90 Å². The van der Waals surface area contributed by atoms with Crippen LogP contribution in [0.3, 0.4) is 0 Å². The Hall–Kier alpha value is -1.55. The van der Waals surface area contributed by atoms with Crippen LogP contribution in [0.5, 0.6) is 5.75 Å². The van der Waals surface area contributed by atoms with Crippen LogP contribution in [0.15, 0.2) is 24.3 Å². The first-order valence-electron chi connectivity index (χ1n) is 7.18.